The molecule has 0 atom stereocenters. The Hall–Kier alpha value is -1.89. The topological polar surface area (TPSA) is 95.8 Å². The zero-order valence-electron chi connectivity index (χ0n) is 12.1. The van der Waals surface area contributed by atoms with Gasteiger partial charge in [0.05, 0.1) is 12.1 Å². The van der Waals surface area contributed by atoms with Crippen LogP contribution in [0.5, 0.6) is 0 Å². The third kappa shape index (κ3) is 2.85. The Kier molecular flexibility index (Phi) is 3.68. The van der Waals surface area contributed by atoms with Gasteiger partial charge in [0, 0.05) is 6.42 Å². The van der Waals surface area contributed by atoms with Gasteiger partial charge >= 0.3 is 5.97 Å². The first-order valence-electron chi connectivity index (χ1n) is 7.32. The Morgan fingerprint density at radius 1 is 1.27 bits per heavy atom. The number of rotatable bonds is 4. The van der Waals surface area contributed by atoms with E-state index in [9.17, 15) is 13.2 Å². The van der Waals surface area contributed by atoms with E-state index in [1.165, 1.54) is 6.07 Å². The average molecular weight is 322 g/mol. The minimum absolute atomic E-state index is 0.0510. The molecule has 0 radical (unpaired) electrons. The fraction of sp³-hybridized carbons (Fsp3) is 0.467. The number of carboxylic acids is 1. The van der Waals surface area contributed by atoms with Crippen LogP contribution in [0.1, 0.15) is 38.5 Å². The van der Waals surface area contributed by atoms with Gasteiger partial charge in [-0.2, -0.15) is 8.42 Å². The quantitative estimate of drug-likeness (QED) is 0.888. The molecule has 1 aromatic rings. The van der Waals surface area contributed by atoms with Crippen LogP contribution in [-0.2, 0) is 14.8 Å². The Morgan fingerprint density at radius 2 is 1.95 bits per heavy atom. The molecular formula is C15H18N2O4S. The molecule has 1 fully saturated rings. The minimum Gasteiger partial charge on any atom is -0.481 e. The Balaban J connectivity index is 1.90. The van der Waals surface area contributed by atoms with Crippen molar-refractivity contribution in [1.82, 2.24) is 0 Å². The minimum atomic E-state index is -3.71. The number of carbonyl (C=O) groups is 1. The van der Waals surface area contributed by atoms with Crippen molar-refractivity contribution in [3.63, 3.8) is 0 Å². The molecule has 0 unspecified atom stereocenters. The first-order chi connectivity index (χ1) is 10.4. The maximum Gasteiger partial charge on any atom is 0.303 e. The summed E-state index contributed by atoms with van der Waals surface area (Å²) in [7, 11) is -3.71. The molecule has 2 aliphatic rings. The number of carboxylic acid groups (broad SMARTS) is 1. The molecule has 1 aromatic carbocycles. The second-order valence-corrected chi connectivity index (χ2v) is 7.66. The Labute approximate surface area is 129 Å². The van der Waals surface area contributed by atoms with Gasteiger partial charge in [0.2, 0.25) is 0 Å². The van der Waals surface area contributed by atoms with E-state index < -0.39 is 16.0 Å². The summed E-state index contributed by atoms with van der Waals surface area (Å²) in [6, 6.07) is 6.62. The lowest BCUT2D eigenvalue weighted by atomic mass is 9.79. The van der Waals surface area contributed by atoms with E-state index in [4.69, 9.17) is 5.11 Å². The van der Waals surface area contributed by atoms with Crippen molar-refractivity contribution in [2.24, 2.45) is 9.81 Å². The van der Waals surface area contributed by atoms with Gasteiger partial charge in [0.25, 0.3) is 10.0 Å². The number of sulfonamides is 1. The van der Waals surface area contributed by atoms with Crippen LogP contribution < -0.4 is 5.32 Å². The van der Waals surface area contributed by atoms with Crippen LogP contribution in [0.25, 0.3) is 0 Å². The van der Waals surface area contributed by atoms with Crippen molar-refractivity contribution in [2.45, 2.75) is 43.4 Å². The second kappa shape index (κ2) is 5.39. The van der Waals surface area contributed by atoms with Crippen LogP contribution in [0.2, 0.25) is 0 Å². The summed E-state index contributed by atoms with van der Waals surface area (Å²) in [6.45, 7) is 0. The van der Waals surface area contributed by atoms with Crippen molar-refractivity contribution >= 4 is 27.5 Å². The third-order valence-corrected chi connectivity index (χ3v) is 5.78. The molecule has 1 aliphatic carbocycles. The standard InChI is InChI=1S/C15H18N2O4S/c18-14(19)10-15(7-3-4-8-15)9-13-16-11-5-1-2-6-12(11)22(20,21)17-13/h1-2,5-6H,3-4,7-10H2,(H,16,17)(H,18,19). The van der Waals surface area contributed by atoms with Crippen molar-refractivity contribution in [2.75, 3.05) is 5.32 Å². The highest BCUT2D eigenvalue weighted by Crippen LogP contribution is 2.45. The number of fused-ring (bicyclic) bond motifs is 1. The van der Waals surface area contributed by atoms with Crippen molar-refractivity contribution < 1.29 is 18.3 Å². The molecule has 2 N–H and O–H groups in total. The molecule has 0 spiro atoms. The highest BCUT2D eigenvalue weighted by Gasteiger charge is 2.38. The number of benzene rings is 1. The monoisotopic (exact) mass is 322 g/mol. The summed E-state index contributed by atoms with van der Waals surface area (Å²) >= 11 is 0. The molecule has 0 bridgehead atoms. The summed E-state index contributed by atoms with van der Waals surface area (Å²) in [4.78, 5) is 11.3. The van der Waals surface area contributed by atoms with E-state index in [-0.39, 0.29) is 16.7 Å². The summed E-state index contributed by atoms with van der Waals surface area (Å²) < 4.78 is 28.3. The number of hydrogen-bond donors (Lipinski definition) is 2. The van der Waals surface area contributed by atoms with Crippen molar-refractivity contribution in [3.05, 3.63) is 24.3 Å². The molecule has 7 heteroatoms. The molecule has 1 saturated carbocycles. The zero-order valence-corrected chi connectivity index (χ0v) is 12.9. The molecule has 22 heavy (non-hydrogen) atoms. The molecule has 118 valence electrons. The van der Waals surface area contributed by atoms with Gasteiger partial charge < -0.3 is 10.4 Å². The average Bonchev–Trinajstić information content (AvgIpc) is 2.85. The number of nitrogens with one attached hydrogen (secondary N) is 1. The van der Waals surface area contributed by atoms with Crippen LogP contribution in [-0.4, -0.2) is 25.3 Å². The third-order valence-electron chi connectivity index (χ3n) is 4.41. The highest BCUT2D eigenvalue weighted by molar-refractivity contribution is 7.90. The van der Waals surface area contributed by atoms with E-state index in [1.807, 2.05) is 0 Å². The number of anilines is 1. The fourth-order valence-corrected chi connectivity index (χ4v) is 4.61. The van der Waals surface area contributed by atoms with Crippen LogP contribution in [0.15, 0.2) is 33.6 Å². The van der Waals surface area contributed by atoms with Gasteiger partial charge in [-0.25, -0.2) is 0 Å². The lowest BCUT2D eigenvalue weighted by Crippen LogP contribution is -2.30. The largest absolute Gasteiger partial charge is 0.481 e. The van der Waals surface area contributed by atoms with Gasteiger partial charge in [0.15, 0.2) is 0 Å². The summed E-state index contributed by atoms with van der Waals surface area (Å²) in [5.41, 5.74) is 0.121. The normalized spacial score (nSPS) is 21.5. The maximum absolute atomic E-state index is 12.2. The predicted octanol–water partition coefficient (Wildman–Crippen LogP) is 2.62. The van der Waals surface area contributed by atoms with E-state index >= 15 is 0 Å². The smallest absolute Gasteiger partial charge is 0.303 e. The van der Waals surface area contributed by atoms with E-state index in [1.54, 1.807) is 18.2 Å². The number of para-hydroxylation sites is 1. The summed E-state index contributed by atoms with van der Waals surface area (Å²) in [5.74, 6) is -0.497. The number of amidine groups is 1. The second-order valence-electron chi connectivity index (χ2n) is 6.09. The number of hydrogen-bond acceptors (Lipinski definition) is 4. The van der Waals surface area contributed by atoms with Gasteiger partial charge in [-0.05, 0) is 30.4 Å². The fourth-order valence-electron chi connectivity index (χ4n) is 3.46. The summed E-state index contributed by atoms with van der Waals surface area (Å²) in [6.07, 6.45) is 3.94. The predicted molar refractivity (Wildman–Crippen MR) is 82.5 cm³/mol. The molecule has 0 amide bonds. The maximum atomic E-state index is 12.2. The van der Waals surface area contributed by atoms with E-state index in [2.05, 4.69) is 9.71 Å². The SMILES string of the molecule is O=C(O)CC1(CC2=NS(=O)(=O)c3ccccc3N2)CCCC1. The van der Waals surface area contributed by atoms with Crippen LogP contribution >= 0.6 is 0 Å². The van der Waals surface area contributed by atoms with Crippen LogP contribution in [0.4, 0.5) is 5.69 Å². The summed E-state index contributed by atoms with van der Waals surface area (Å²) in [5, 5.41) is 12.2. The first kappa shape index (κ1) is 15.0. The molecule has 0 aromatic heterocycles. The van der Waals surface area contributed by atoms with Crippen molar-refractivity contribution in [3.8, 4) is 0 Å². The molecule has 0 saturated heterocycles. The molecule has 6 nitrogen and oxygen atoms in total. The Morgan fingerprint density at radius 3 is 2.64 bits per heavy atom. The van der Waals surface area contributed by atoms with E-state index in [0.29, 0.717) is 17.9 Å². The molecule has 3 rings (SSSR count). The van der Waals surface area contributed by atoms with Gasteiger partial charge in [-0.15, -0.1) is 4.40 Å². The van der Waals surface area contributed by atoms with E-state index in [0.717, 1.165) is 25.7 Å². The lowest BCUT2D eigenvalue weighted by molar-refractivity contribution is -0.139. The molecule has 1 aliphatic heterocycles. The highest BCUT2D eigenvalue weighted by atomic mass is 32.2. The molecular weight excluding hydrogens is 304 g/mol. The van der Waals surface area contributed by atoms with Gasteiger partial charge in [0.1, 0.15) is 10.7 Å². The number of nitrogens with zero attached hydrogens (tertiary/aromatic N) is 1. The van der Waals surface area contributed by atoms with Crippen molar-refractivity contribution in [1.29, 1.82) is 0 Å². The number of aliphatic carboxylic acids is 1. The lowest BCUT2D eigenvalue weighted by Gasteiger charge is -2.29. The molecule has 1 heterocycles. The van der Waals surface area contributed by atoms with Gasteiger partial charge in [-0.1, -0.05) is 25.0 Å². The van der Waals surface area contributed by atoms with Gasteiger partial charge in [-0.3, -0.25) is 4.79 Å². The van der Waals surface area contributed by atoms with Crippen LogP contribution in [0, 0.1) is 5.41 Å². The van der Waals surface area contributed by atoms with Crippen LogP contribution in [0.3, 0.4) is 0 Å². The first-order valence-corrected chi connectivity index (χ1v) is 8.76. The Bertz CT molecular complexity index is 734. The zero-order chi connectivity index (χ0) is 15.8.